The maximum atomic E-state index is 2.92. The largest absolute Gasteiger partial charge is 0.368 e. The van der Waals surface area contributed by atoms with Crippen molar-refractivity contribution in [3.63, 3.8) is 0 Å². The Kier molecular flexibility index (Phi) is 4.77. The molecular formula is C11H15N. The highest BCUT2D eigenvalue weighted by Crippen LogP contribution is 2.05. The fourth-order valence-corrected chi connectivity index (χ4v) is 0.995. The van der Waals surface area contributed by atoms with Crippen molar-refractivity contribution in [3.05, 3.63) is 48.9 Å². The molecule has 2 aliphatic rings. The zero-order valence-corrected chi connectivity index (χ0v) is 7.24. The molecule has 64 valence electrons. The Bertz CT molecular complexity index is 189. The van der Waals surface area contributed by atoms with Gasteiger partial charge in [-0.05, 0) is 31.4 Å². The van der Waals surface area contributed by atoms with Gasteiger partial charge in [-0.15, -0.1) is 0 Å². The summed E-state index contributed by atoms with van der Waals surface area (Å²) in [5.74, 6) is 0. The second kappa shape index (κ2) is 6.47. The Morgan fingerprint density at radius 1 is 0.750 bits per heavy atom. The zero-order valence-electron chi connectivity index (χ0n) is 7.24. The van der Waals surface area contributed by atoms with E-state index >= 15 is 0 Å². The molecule has 0 fully saturated rings. The van der Waals surface area contributed by atoms with Crippen LogP contribution in [0.2, 0.25) is 0 Å². The van der Waals surface area contributed by atoms with Crippen molar-refractivity contribution in [1.82, 2.24) is 5.32 Å². The van der Waals surface area contributed by atoms with Gasteiger partial charge < -0.3 is 5.32 Å². The Morgan fingerprint density at radius 3 is 1.75 bits per heavy atom. The third-order valence-electron chi connectivity index (χ3n) is 1.63. The van der Waals surface area contributed by atoms with Gasteiger partial charge in [0.15, 0.2) is 0 Å². The second-order valence-corrected chi connectivity index (χ2v) is 2.67. The highest BCUT2D eigenvalue weighted by molar-refractivity contribution is 5.14. The maximum Gasteiger partial charge on any atom is 0.000442 e. The van der Waals surface area contributed by atoms with Crippen LogP contribution in [-0.4, -0.2) is 0 Å². The normalized spacial score (nSPS) is 18.0. The Hall–Kier alpha value is -1.24. The Labute approximate surface area is 74.2 Å². The van der Waals surface area contributed by atoms with Crippen molar-refractivity contribution in [2.45, 2.75) is 19.3 Å². The first-order valence-corrected chi connectivity index (χ1v) is 4.39. The lowest BCUT2D eigenvalue weighted by molar-refractivity contribution is 0.929. The molecule has 1 N–H and O–H groups in total. The highest BCUT2D eigenvalue weighted by Gasteiger charge is 1.84. The predicted molar refractivity (Wildman–Crippen MR) is 53.5 cm³/mol. The molecule has 0 atom stereocenters. The lowest BCUT2D eigenvalue weighted by Gasteiger charge is -1.79. The van der Waals surface area contributed by atoms with E-state index in [9.17, 15) is 0 Å². The van der Waals surface area contributed by atoms with Crippen molar-refractivity contribution in [2.75, 3.05) is 0 Å². The first-order valence-electron chi connectivity index (χ1n) is 4.39. The molecule has 0 aromatic carbocycles. The first kappa shape index (κ1) is 8.85. The maximum absolute atomic E-state index is 2.92. The summed E-state index contributed by atoms with van der Waals surface area (Å²) in [6, 6.07) is 0. The van der Waals surface area contributed by atoms with Gasteiger partial charge in [-0.25, -0.2) is 0 Å². The van der Waals surface area contributed by atoms with E-state index in [0.29, 0.717) is 0 Å². The average Bonchev–Trinajstić information content (AvgIpc) is 2.54. The van der Waals surface area contributed by atoms with Crippen LogP contribution in [0.1, 0.15) is 19.3 Å². The van der Waals surface area contributed by atoms with Crippen molar-refractivity contribution in [1.29, 1.82) is 0 Å². The third kappa shape index (κ3) is 4.56. The predicted octanol–water partition coefficient (Wildman–Crippen LogP) is 2.90. The molecule has 0 spiro atoms. The van der Waals surface area contributed by atoms with Crippen molar-refractivity contribution in [3.8, 4) is 0 Å². The van der Waals surface area contributed by atoms with Gasteiger partial charge in [0.25, 0.3) is 0 Å². The van der Waals surface area contributed by atoms with Gasteiger partial charge in [0, 0.05) is 12.4 Å². The fourth-order valence-electron chi connectivity index (χ4n) is 0.995. The molecular weight excluding hydrogens is 146 g/mol. The molecule has 0 amide bonds. The van der Waals surface area contributed by atoms with Crippen LogP contribution in [0.4, 0.5) is 0 Å². The molecule has 1 aliphatic heterocycles. The van der Waals surface area contributed by atoms with E-state index in [-0.39, 0.29) is 0 Å². The smallest absolute Gasteiger partial charge is 0.000442 e. The highest BCUT2D eigenvalue weighted by atomic mass is 14.8. The van der Waals surface area contributed by atoms with E-state index in [4.69, 9.17) is 0 Å². The van der Waals surface area contributed by atoms with Gasteiger partial charge in [-0.3, -0.25) is 0 Å². The fraction of sp³-hybridized carbons (Fsp3) is 0.273. The van der Waals surface area contributed by atoms with Gasteiger partial charge in [-0.2, -0.15) is 0 Å². The number of rotatable bonds is 0. The van der Waals surface area contributed by atoms with E-state index in [1.54, 1.807) is 0 Å². The first-order chi connectivity index (χ1) is 6.00. The van der Waals surface area contributed by atoms with E-state index in [1.807, 2.05) is 36.7 Å². The molecule has 0 aromatic heterocycles. The summed E-state index contributed by atoms with van der Waals surface area (Å²) in [4.78, 5) is 0. The van der Waals surface area contributed by atoms with Crippen LogP contribution in [0.3, 0.4) is 0 Å². The molecule has 0 unspecified atom stereocenters. The van der Waals surface area contributed by atoms with Crippen LogP contribution in [0.15, 0.2) is 48.9 Å². The molecule has 0 aromatic rings. The van der Waals surface area contributed by atoms with Crippen LogP contribution in [0.25, 0.3) is 0 Å². The topological polar surface area (TPSA) is 12.0 Å². The Morgan fingerprint density at radius 2 is 1.33 bits per heavy atom. The third-order valence-corrected chi connectivity index (χ3v) is 1.63. The monoisotopic (exact) mass is 161 g/mol. The minimum atomic E-state index is 1.32. The number of nitrogens with one attached hydrogen (secondary N) is 1. The van der Waals surface area contributed by atoms with Crippen molar-refractivity contribution in [2.24, 2.45) is 0 Å². The summed E-state index contributed by atoms with van der Waals surface area (Å²) >= 11 is 0. The van der Waals surface area contributed by atoms with E-state index < -0.39 is 0 Å². The molecule has 12 heavy (non-hydrogen) atoms. The van der Waals surface area contributed by atoms with Gasteiger partial charge >= 0.3 is 0 Å². The average molecular weight is 161 g/mol. The molecule has 0 saturated heterocycles. The quantitative estimate of drug-likeness (QED) is 0.539. The van der Waals surface area contributed by atoms with Crippen LogP contribution >= 0.6 is 0 Å². The standard InChI is InChI=1S/C6H7N.C5H8/c1-2-4-6-7-5-3-1;1-2-4-5-3-1/h1-7H;1-2H,3-5H2. The molecule has 0 saturated carbocycles. The van der Waals surface area contributed by atoms with Crippen LogP contribution in [0.5, 0.6) is 0 Å². The van der Waals surface area contributed by atoms with Gasteiger partial charge in [0.05, 0.1) is 0 Å². The summed E-state index contributed by atoms with van der Waals surface area (Å²) in [7, 11) is 0. The second-order valence-electron chi connectivity index (χ2n) is 2.67. The Balaban J connectivity index is 0.000000127. The molecule has 2 rings (SSSR count). The lowest BCUT2D eigenvalue weighted by atomic mass is 10.4. The van der Waals surface area contributed by atoms with Crippen LogP contribution in [-0.2, 0) is 0 Å². The van der Waals surface area contributed by atoms with Gasteiger partial charge in [-0.1, -0.05) is 24.3 Å². The minimum Gasteiger partial charge on any atom is -0.368 e. The molecule has 1 heterocycles. The lowest BCUT2D eigenvalue weighted by Crippen LogP contribution is -1.87. The number of hydrogen-bond donors (Lipinski definition) is 1. The van der Waals surface area contributed by atoms with Crippen molar-refractivity contribution < 1.29 is 0 Å². The van der Waals surface area contributed by atoms with Gasteiger partial charge in [0.2, 0.25) is 0 Å². The molecule has 1 nitrogen and oxygen atoms in total. The summed E-state index contributed by atoms with van der Waals surface area (Å²) < 4.78 is 0. The van der Waals surface area contributed by atoms with Crippen LogP contribution < -0.4 is 5.32 Å². The van der Waals surface area contributed by atoms with E-state index in [0.717, 1.165) is 0 Å². The zero-order chi connectivity index (χ0) is 8.49. The van der Waals surface area contributed by atoms with E-state index in [2.05, 4.69) is 17.5 Å². The number of hydrogen-bond acceptors (Lipinski definition) is 1. The van der Waals surface area contributed by atoms with Crippen LogP contribution in [0, 0.1) is 0 Å². The van der Waals surface area contributed by atoms with E-state index in [1.165, 1.54) is 19.3 Å². The molecule has 1 aliphatic carbocycles. The van der Waals surface area contributed by atoms with Gasteiger partial charge in [0.1, 0.15) is 0 Å². The minimum absolute atomic E-state index is 1.32. The molecule has 0 bridgehead atoms. The summed E-state index contributed by atoms with van der Waals surface area (Å²) in [6.45, 7) is 0. The SMILES string of the molecule is C1=CC=CNC=C1.C1=CCCC1. The summed E-state index contributed by atoms with van der Waals surface area (Å²) in [5, 5.41) is 2.92. The number of allylic oxidation sites excluding steroid dienone is 6. The summed E-state index contributed by atoms with van der Waals surface area (Å²) in [5.41, 5.74) is 0. The van der Waals surface area contributed by atoms with Crippen molar-refractivity contribution >= 4 is 0 Å². The molecule has 0 radical (unpaired) electrons. The molecule has 1 heteroatoms. The summed E-state index contributed by atoms with van der Waals surface area (Å²) in [6.07, 6.45) is 20.1.